The van der Waals surface area contributed by atoms with Crippen LogP contribution in [-0.2, 0) is 0 Å². The number of nitrogens with one attached hydrogen (secondary N) is 2. The number of amides is 2. The van der Waals surface area contributed by atoms with E-state index in [0.29, 0.717) is 10.8 Å². The summed E-state index contributed by atoms with van der Waals surface area (Å²) in [6.45, 7) is 1.88. The first-order chi connectivity index (χ1) is 11.5. The van der Waals surface area contributed by atoms with Gasteiger partial charge in [0.25, 0.3) is 0 Å². The number of urea groups is 1. The Labute approximate surface area is 145 Å². The van der Waals surface area contributed by atoms with E-state index in [1.165, 1.54) is 0 Å². The molecule has 0 radical (unpaired) electrons. The van der Waals surface area contributed by atoms with Gasteiger partial charge in [-0.05, 0) is 44.0 Å². The van der Waals surface area contributed by atoms with E-state index in [1.807, 2.05) is 25.3 Å². The van der Waals surface area contributed by atoms with E-state index in [2.05, 4.69) is 15.7 Å². The van der Waals surface area contributed by atoms with E-state index in [4.69, 9.17) is 11.6 Å². The predicted molar refractivity (Wildman–Crippen MR) is 93.7 cm³/mol. The average Bonchev–Trinajstić information content (AvgIpc) is 2.91. The zero-order valence-corrected chi connectivity index (χ0v) is 14.3. The van der Waals surface area contributed by atoms with Gasteiger partial charge in [-0.25, -0.2) is 9.48 Å². The van der Waals surface area contributed by atoms with Gasteiger partial charge in [0.05, 0.1) is 17.8 Å². The molecule has 3 N–H and O–H groups in total. The maximum atomic E-state index is 12.2. The quantitative estimate of drug-likeness (QED) is 0.796. The largest absolute Gasteiger partial charge is 0.391 e. The van der Waals surface area contributed by atoms with Crippen LogP contribution in [0.2, 0.25) is 5.02 Å². The van der Waals surface area contributed by atoms with Crippen LogP contribution >= 0.6 is 11.6 Å². The molecule has 1 aromatic heterocycles. The summed E-state index contributed by atoms with van der Waals surface area (Å²) in [5.74, 6) is 0.493. The molecule has 1 saturated carbocycles. The van der Waals surface area contributed by atoms with Gasteiger partial charge in [-0.1, -0.05) is 24.4 Å². The Morgan fingerprint density at radius 1 is 1.29 bits per heavy atom. The number of rotatable bonds is 3. The smallest absolute Gasteiger partial charge is 0.320 e. The Morgan fingerprint density at radius 2 is 2.00 bits per heavy atom. The summed E-state index contributed by atoms with van der Waals surface area (Å²) in [7, 11) is 0. The summed E-state index contributed by atoms with van der Waals surface area (Å²) in [6, 6.07) is 6.76. The molecule has 1 fully saturated rings. The molecule has 0 unspecified atom stereocenters. The van der Waals surface area contributed by atoms with Gasteiger partial charge in [0.15, 0.2) is 5.82 Å². The number of hydrogen-bond donors (Lipinski definition) is 3. The van der Waals surface area contributed by atoms with Crippen LogP contribution in [0.1, 0.15) is 31.2 Å². The third-order valence-electron chi connectivity index (χ3n) is 4.27. The van der Waals surface area contributed by atoms with E-state index < -0.39 is 6.10 Å². The number of carbonyl (C=O) groups is 1. The second-order valence-corrected chi connectivity index (χ2v) is 6.57. The Morgan fingerprint density at radius 3 is 2.71 bits per heavy atom. The van der Waals surface area contributed by atoms with Gasteiger partial charge in [0, 0.05) is 16.8 Å². The van der Waals surface area contributed by atoms with Crippen molar-refractivity contribution >= 4 is 23.4 Å². The fraction of sp³-hybridized carbons (Fsp3) is 0.412. The van der Waals surface area contributed by atoms with Gasteiger partial charge in [0.1, 0.15) is 0 Å². The number of hydrogen-bond acceptors (Lipinski definition) is 3. The van der Waals surface area contributed by atoms with Crippen molar-refractivity contribution in [2.45, 2.75) is 44.8 Å². The number of halogens is 1. The molecule has 7 heteroatoms. The summed E-state index contributed by atoms with van der Waals surface area (Å²) < 4.78 is 1.69. The lowest BCUT2D eigenvalue weighted by Gasteiger charge is -2.28. The Balaban J connectivity index is 1.66. The van der Waals surface area contributed by atoms with Crippen molar-refractivity contribution in [2.75, 3.05) is 5.32 Å². The third kappa shape index (κ3) is 3.88. The third-order valence-corrected chi connectivity index (χ3v) is 4.52. The lowest BCUT2D eigenvalue weighted by Crippen LogP contribution is -2.46. The average molecular weight is 349 g/mol. The highest BCUT2D eigenvalue weighted by Crippen LogP contribution is 2.20. The maximum absolute atomic E-state index is 12.2. The van der Waals surface area contributed by atoms with Crippen molar-refractivity contribution < 1.29 is 9.90 Å². The van der Waals surface area contributed by atoms with Crippen molar-refractivity contribution in [1.82, 2.24) is 15.1 Å². The number of benzene rings is 1. The SMILES string of the molecule is Cc1cn(-c2ccc(Cl)cc2)nc1NC(=O)N[C@@H]1CCCC[C@@H]1O. The molecule has 0 bridgehead atoms. The molecule has 1 heterocycles. The minimum absolute atomic E-state index is 0.197. The summed E-state index contributed by atoms with van der Waals surface area (Å²) in [5, 5.41) is 20.6. The van der Waals surface area contributed by atoms with Crippen LogP contribution in [0.25, 0.3) is 5.69 Å². The molecule has 0 aliphatic heterocycles. The minimum atomic E-state index is -0.475. The molecule has 3 rings (SSSR count). The molecule has 1 aliphatic rings. The normalized spacial score (nSPS) is 20.6. The first kappa shape index (κ1) is 16.8. The van der Waals surface area contributed by atoms with Crippen molar-refractivity contribution in [3.05, 3.63) is 41.0 Å². The summed E-state index contributed by atoms with van der Waals surface area (Å²) in [6.07, 6.45) is 4.92. The van der Waals surface area contributed by atoms with E-state index in [1.54, 1.807) is 16.8 Å². The molecule has 1 aromatic carbocycles. The van der Waals surface area contributed by atoms with Gasteiger partial charge in [-0.2, -0.15) is 0 Å². The fourth-order valence-corrected chi connectivity index (χ4v) is 3.03. The number of carbonyl (C=O) groups excluding carboxylic acids is 1. The molecule has 128 valence electrons. The van der Waals surface area contributed by atoms with Crippen LogP contribution in [0.4, 0.5) is 10.6 Å². The molecule has 2 atom stereocenters. The number of aromatic nitrogens is 2. The molecule has 1 aliphatic carbocycles. The van der Waals surface area contributed by atoms with Gasteiger partial charge in [0.2, 0.25) is 0 Å². The minimum Gasteiger partial charge on any atom is -0.391 e. The van der Waals surface area contributed by atoms with E-state index in [9.17, 15) is 9.90 Å². The molecular formula is C17H21ClN4O2. The van der Waals surface area contributed by atoms with E-state index in [0.717, 1.165) is 36.9 Å². The summed E-state index contributed by atoms with van der Waals surface area (Å²) >= 11 is 5.89. The highest BCUT2D eigenvalue weighted by molar-refractivity contribution is 6.30. The Bertz CT molecular complexity index is 714. The van der Waals surface area contributed by atoms with Crippen molar-refractivity contribution in [1.29, 1.82) is 0 Å². The van der Waals surface area contributed by atoms with Gasteiger partial charge < -0.3 is 10.4 Å². The first-order valence-electron chi connectivity index (χ1n) is 8.11. The fourth-order valence-electron chi connectivity index (χ4n) is 2.90. The van der Waals surface area contributed by atoms with Crippen LogP contribution < -0.4 is 10.6 Å². The van der Waals surface area contributed by atoms with Crippen LogP contribution in [0, 0.1) is 6.92 Å². The van der Waals surface area contributed by atoms with Crippen molar-refractivity contribution in [3.8, 4) is 5.69 Å². The van der Waals surface area contributed by atoms with Crippen molar-refractivity contribution in [3.63, 3.8) is 0 Å². The molecule has 0 saturated heterocycles. The van der Waals surface area contributed by atoms with Gasteiger partial charge in [-0.15, -0.1) is 5.10 Å². The summed E-state index contributed by atoms with van der Waals surface area (Å²) in [5.41, 5.74) is 1.71. The van der Waals surface area contributed by atoms with Gasteiger partial charge in [-0.3, -0.25) is 5.32 Å². The molecule has 0 spiro atoms. The van der Waals surface area contributed by atoms with E-state index in [-0.39, 0.29) is 12.1 Å². The Hall–Kier alpha value is -2.05. The van der Waals surface area contributed by atoms with Crippen LogP contribution in [0.15, 0.2) is 30.5 Å². The molecular weight excluding hydrogens is 328 g/mol. The number of anilines is 1. The lowest BCUT2D eigenvalue weighted by atomic mass is 9.93. The highest BCUT2D eigenvalue weighted by Gasteiger charge is 2.24. The lowest BCUT2D eigenvalue weighted by molar-refractivity contribution is 0.0955. The van der Waals surface area contributed by atoms with Gasteiger partial charge >= 0.3 is 6.03 Å². The Kier molecular flexibility index (Phi) is 5.06. The molecule has 2 aromatic rings. The van der Waals surface area contributed by atoms with E-state index >= 15 is 0 Å². The number of aryl methyl sites for hydroxylation is 1. The molecule has 2 amide bonds. The number of nitrogens with zero attached hydrogens (tertiary/aromatic N) is 2. The topological polar surface area (TPSA) is 79.2 Å². The first-order valence-corrected chi connectivity index (χ1v) is 8.48. The van der Waals surface area contributed by atoms with Crippen LogP contribution in [0.5, 0.6) is 0 Å². The summed E-state index contributed by atoms with van der Waals surface area (Å²) in [4.78, 5) is 12.2. The zero-order valence-electron chi connectivity index (χ0n) is 13.5. The monoisotopic (exact) mass is 348 g/mol. The standard InChI is InChI=1S/C17H21ClN4O2/c1-11-10-22(13-8-6-12(18)7-9-13)21-16(11)20-17(24)19-14-4-2-3-5-15(14)23/h6-10,14-15,23H,2-5H2,1H3,(H2,19,20,21,24)/t14-,15+/m1/s1. The molecule has 6 nitrogen and oxygen atoms in total. The molecule has 24 heavy (non-hydrogen) atoms. The van der Waals surface area contributed by atoms with Crippen LogP contribution in [0.3, 0.4) is 0 Å². The second kappa shape index (κ2) is 7.23. The zero-order chi connectivity index (χ0) is 17.1. The number of aliphatic hydroxyl groups excluding tert-OH is 1. The van der Waals surface area contributed by atoms with Crippen molar-refractivity contribution in [2.24, 2.45) is 0 Å². The van der Waals surface area contributed by atoms with Crippen LogP contribution in [-0.4, -0.2) is 33.1 Å². The maximum Gasteiger partial charge on any atom is 0.320 e. The highest BCUT2D eigenvalue weighted by atomic mass is 35.5. The second-order valence-electron chi connectivity index (χ2n) is 6.14. The predicted octanol–water partition coefficient (Wildman–Crippen LogP) is 3.26. The number of aliphatic hydroxyl groups is 1.